The highest BCUT2D eigenvalue weighted by molar-refractivity contribution is 5.73. The van der Waals surface area contributed by atoms with E-state index in [9.17, 15) is 13.6 Å². The van der Waals surface area contributed by atoms with Gasteiger partial charge in [-0.2, -0.15) is 0 Å². The zero-order valence-electron chi connectivity index (χ0n) is 8.80. The van der Waals surface area contributed by atoms with E-state index in [0.717, 1.165) is 12.5 Å². The molecule has 0 radical (unpaired) electrons. The highest BCUT2D eigenvalue weighted by Gasteiger charge is 2.27. The summed E-state index contributed by atoms with van der Waals surface area (Å²) in [5.74, 6) is -1.75. The molecule has 0 unspecified atom stereocenters. The number of rotatable bonds is 2. The molecule has 1 amide bonds. The minimum absolute atomic E-state index is 0.0611. The lowest BCUT2D eigenvalue weighted by molar-refractivity contribution is 0.136. The molecule has 0 spiro atoms. The van der Waals surface area contributed by atoms with Crippen LogP contribution in [0.25, 0.3) is 0 Å². The van der Waals surface area contributed by atoms with Crippen molar-refractivity contribution in [3.05, 3.63) is 29.3 Å². The summed E-state index contributed by atoms with van der Waals surface area (Å²) in [7, 11) is 0. The van der Waals surface area contributed by atoms with Gasteiger partial charge in [0.2, 0.25) is 0 Å². The average molecular weight is 227 g/mol. The summed E-state index contributed by atoms with van der Waals surface area (Å²) in [5, 5.41) is 0. The van der Waals surface area contributed by atoms with Gasteiger partial charge in [0, 0.05) is 6.54 Å². The van der Waals surface area contributed by atoms with Crippen LogP contribution in [0, 0.1) is 11.6 Å². The summed E-state index contributed by atoms with van der Waals surface area (Å²) in [6, 6.07) is 2.23. The molecule has 1 aliphatic rings. The molecule has 5 heteroatoms. The largest absolute Gasteiger partial charge is 0.415 e. The van der Waals surface area contributed by atoms with Crippen molar-refractivity contribution in [2.75, 3.05) is 6.54 Å². The second-order valence-electron chi connectivity index (χ2n) is 3.63. The van der Waals surface area contributed by atoms with E-state index in [-0.39, 0.29) is 17.9 Å². The Kier molecular flexibility index (Phi) is 2.77. The Morgan fingerprint density at radius 2 is 2.19 bits per heavy atom. The van der Waals surface area contributed by atoms with Crippen molar-refractivity contribution in [2.24, 2.45) is 0 Å². The second-order valence-corrected chi connectivity index (χ2v) is 3.63. The number of benzene rings is 1. The topological polar surface area (TPSA) is 29.5 Å². The lowest BCUT2D eigenvalue weighted by Gasteiger charge is -2.27. The van der Waals surface area contributed by atoms with Crippen molar-refractivity contribution in [2.45, 2.75) is 19.9 Å². The number of ether oxygens (including phenoxy) is 1. The Balaban J connectivity index is 2.36. The number of nitrogens with zero attached hydrogens (tertiary/aromatic N) is 1. The van der Waals surface area contributed by atoms with Gasteiger partial charge >= 0.3 is 6.09 Å². The Labute approximate surface area is 91.6 Å². The van der Waals surface area contributed by atoms with Crippen LogP contribution in [-0.4, -0.2) is 17.5 Å². The molecule has 1 aliphatic heterocycles. The fourth-order valence-electron chi connectivity index (χ4n) is 1.67. The maximum atomic E-state index is 13.4. The molecule has 0 saturated heterocycles. The Morgan fingerprint density at radius 1 is 1.44 bits per heavy atom. The van der Waals surface area contributed by atoms with Gasteiger partial charge < -0.3 is 9.64 Å². The van der Waals surface area contributed by atoms with Crippen LogP contribution in [0.4, 0.5) is 13.6 Å². The predicted molar refractivity (Wildman–Crippen MR) is 53.1 cm³/mol. The first-order valence-electron chi connectivity index (χ1n) is 5.07. The van der Waals surface area contributed by atoms with Crippen LogP contribution >= 0.6 is 0 Å². The molecule has 1 aromatic carbocycles. The maximum absolute atomic E-state index is 13.4. The van der Waals surface area contributed by atoms with Crippen LogP contribution in [-0.2, 0) is 6.54 Å². The van der Waals surface area contributed by atoms with E-state index in [1.54, 1.807) is 0 Å². The van der Waals surface area contributed by atoms with Gasteiger partial charge in [0.15, 0.2) is 11.6 Å². The number of halogens is 2. The summed E-state index contributed by atoms with van der Waals surface area (Å²) in [6.45, 7) is 2.42. The smallest absolute Gasteiger partial charge is 0.410 e. The molecule has 0 bridgehead atoms. The van der Waals surface area contributed by atoms with Gasteiger partial charge in [-0.3, -0.25) is 0 Å². The molecular weight excluding hydrogens is 216 g/mol. The molecule has 0 N–H and O–H groups in total. The number of amides is 1. The SMILES string of the molecule is CCCN1Cc2c(ccc(F)c2F)OC1=O. The fraction of sp³-hybridized carbons (Fsp3) is 0.364. The Hall–Kier alpha value is -1.65. The lowest BCUT2D eigenvalue weighted by atomic mass is 10.1. The summed E-state index contributed by atoms with van der Waals surface area (Å²) in [4.78, 5) is 12.8. The summed E-state index contributed by atoms with van der Waals surface area (Å²) < 4.78 is 31.3. The number of carbonyl (C=O) groups is 1. The average Bonchev–Trinajstić information content (AvgIpc) is 2.26. The zero-order chi connectivity index (χ0) is 11.7. The molecule has 16 heavy (non-hydrogen) atoms. The zero-order valence-corrected chi connectivity index (χ0v) is 8.80. The molecule has 2 rings (SSSR count). The molecule has 86 valence electrons. The molecule has 1 heterocycles. The van der Waals surface area contributed by atoms with Crippen LogP contribution in [0.15, 0.2) is 12.1 Å². The molecule has 3 nitrogen and oxygen atoms in total. The third-order valence-corrected chi connectivity index (χ3v) is 2.45. The maximum Gasteiger partial charge on any atom is 0.415 e. The number of hydrogen-bond acceptors (Lipinski definition) is 2. The standard InChI is InChI=1S/C11H11F2NO2/c1-2-5-14-6-7-9(16-11(14)15)4-3-8(12)10(7)13/h3-4H,2,5-6H2,1H3. The first kappa shape index (κ1) is 10.9. The first-order chi connectivity index (χ1) is 7.63. The summed E-state index contributed by atoms with van der Waals surface area (Å²) in [6.07, 6.45) is 0.224. The highest BCUT2D eigenvalue weighted by Crippen LogP contribution is 2.29. The molecule has 0 aliphatic carbocycles. The minimum atomic E-state index is -0.939. The normalized spacial score (nSPS) is 14.7. The molecule has 0 aromatic heterocycles. The van der Waals surface area contributed by atoms with Crippen LogP contribution in [0.2, 0.25) is 0 Å². The second kappa shape index (κ2) is 4.08. The van der Waals surface area contributed by atoms with Crippen molar-refractivity contribution < 1.29 is 18.3 Å². The van der Waals surface area contributed by atoms with E-state index in [2.05, 4.69) is 0 Å². The van der Waals surface area contributed by atoms with Crippen molar-refractivity contribution in [3.8, 4) is 5.75 Å². The van der Waals surface area contributed by atoms with Gasteiger partial charge in [0.05, 0.1) is 12.1 Å². The van der Waals surface area contributed by atoms with Crippen molar-refractivity contribution >= 4 is 6.09 Å². The number of carbonyl (C=O) groups excluding carboxylic acids is 1. The molecule has 0 atom stereocenters. The van der Waals surface area contributed by atoms with Gasteiger partial charge in [-0.05, 0) is 18.6 Å². The Bertz CT molecular complexity index is 434. The van der Waals surface area contributed by atoms with Gasteiger partial charge in [-0.15, -0.1) is 0 Å². The van der Waals surface area contributed by atoms with Crippen molar-refractivity contribution in [1.29, 1.82) is 0 Å². The first-order valence-corrected chi connectivity index (χ1v) is 5.07. The van der Waals surface area contributed by atoms with E-state index >= 15 is 0 Å². The van der Waals surface area contributed by atoms with E-state index in [4.69, 9.17) is 4.74 Å². The van der Waals surface area contributed by atoms with Crippen LogP contribution < -0.4 is 4.74 Å². The van der Waals surface area contributed by atoms with Crippen molar-refractivity contribution in [3.63, 3.8) is 0 Å². The highest BCUT2D eigenvalue weighted by atomic mass is 19.2. The third-order valence-electron chi connectivity index (χ3n) is 2.45. The lowest BCUT2D eigenvalue weighted by Crippen LogP contribution is -2.38. The number of fused-ring (bicyclic) bond motifs is 1. The van der Waals surface area contributed by atoms with Crippen LogP contribution in [0.1, 0.15) is 18.9 Å². The quantitative estimate of drug-likeness (QED) is 0.777. The molecule has 1 aromatic rings. The third kappa shape index (κ3) is 1.73. The van der Waals surface area contributed by atoms with Gasteiger partial charge in [-0.25, -0.2) is 13.6 Å². The van der Waals surface area contributed by atoms with Crippen LogP contribution in [0.5, 0.6) is 5.75 Å². The summed E-state index contributed by atoms with van der Waals surface area (Å²) >= 11 is 0. The van der Waals surface area contributed by atoms with Gasteiger partial charge in [0.1, 0.15) is 5.75 Å². The van der Waals surface area contributed by atoms with E-state index < -0.39 is 17.7 Å². The molecule has 0 fully saturated rings. The van der Waals surface area contributed by atoms with Gasteiger partial charge in [0.25, 0.3) is 0 Å². The van der Waals surface area contributed by atoms with E-state index in [1.807, 2.05) is 6.92 Å². The predicted octanol–water partition coefficient (Wildman–Crippen LogP) is 2.69. The fourth-order valence-corrected chi connectivity index (χ4v) is 1.67. The van der Waals surface area contributed by atoms with Crippen LogP contribution in [0.3, 0.4) is 0 Å². The van der Waals surface area contributed by atoms with E-state index in [1.165, 1.54) is 11.0 Å². The molecular formula is C11H11F2NO2. The minimum Gasteiger partial charge on any atom is -0.410 e. The number of hydrogen-bond donors (Lipinski definition) is 0. The van der Waals surface area contributed by atoms with Gasteiger partial charge in [-0.1, -0.05) is 6.92 Å². The molecule has 0 saturated carbocycles. The monoisotopic (exact) mass is 227 g/mol. The van der Waals surface area contributed by atoms with E-state index in [0.29, 0.717) is 6.54 Å². The Morgan fingerprint density at radius 3 is 2.88 bits per heavy atom. The summed E-state index contributed by atoms with van der Waals surface area (Å²) in [5.41, 5.74) is 0.105. The van der Waals surface area contributed by atoms with Crippen molar-refractivity contribution in [1.82, 2.24) is 4.90 Å².